The molecule has 0 atom stereocenters. The summed E-state index contributed by atoms with van der Waals surface area (Å²) in [5.41, 5.74) is 0. The summed E-state index contributed by atoms with van der Waals surface area (Å²) in [6, 6.07) is 0. The van der Waals surface area contributed by atoms with E-state index in [-0.39, 0.29) is 5.75 Å². The highest BCUT2D eigenvalue weighted by atomic mass is 32.2. The first-order chi connectivity index (χ1) is 5.64. The largest absolute Gasteiger partial charge is 0.316 e. The van der Waals surface area contributed by atoms with Crippen molar-refractivity contribution in [2.24, 2.45) is 5.92 Å². The van der Waals surface area contributed by atoms with E-state index >= 15 is 0 Å². The summed E-state index contributed by atoms with van der Waals surface area (Å²) in [7, 11) is -2.01. The van der Waals surface area contributed by atoms with Crippen LogP contribution < -0.4 is 5.32 Å². The Morgan fingerprint density at radius 3 is 2.58 bits per heavy atom. The molecule has 4 nitrogen and oxygen atoms in total. The van der Waals surface area contributed by atoms with Crippen molar-refractivity contribution in [1.82, 2.24) is 5.32 Å². The van der Waals surface area contributed by atoms with Crippen LogP contribution in [0.5, 0.6) is 0 Å². The molecule has 0 radical (unpaired) electrons. The average Bonchev–Trinajstić information content (AvgIpc) is 1.95. The van der Waals surface area contributed by atoms with E-state index in [0.29, 0.717) is 12.3 Å². The van der Waals surface area contributed by atoms with Crippen molar-refractivity contribution in [2.45, 2.75) is 12.8 Å². The van der Waals surface area contributed by atoms with Gasteiger partial charge in [-0.1, -0.05) is 0 Å². The van der Waals surface area contributed by atoms with Crippen molar-refractivity contribution in [3.05, 3.63) is 0 Å². The maximum Gasteiger partial charge on any atom is 0.267 e. The zero-order valence-electron chi connectivity index (χ0n) is 7.25. The number of nitrogens with one attached hydrogen (secondary N) is 1. The standard InChI is InChI=1S/C7H15NO3S/c1-11-12(9,10)4-2-3-7-5-8-6-7/h7-8H,2-6H2,1H3. The van der Waals surface area contributed by atoms with Crippen LogP contribution >= 0.6 is 0 Å². The fraction of sp³-hybridized carbons (Fsp3) is 1.00. The van der Waals surface area contributed by atoms with Gasteiger partial charge in [0, 0.05) is 0 Å². The third kappa shape index (κ3) is 3.08. The number of hydrogen-bond acceptors (Lipinski definition) is 4. The first-order valence-electron chi connectivity index (χ1n) is 4.13. The first kappa shape index (κ1) is 9.95. The third-order valence-corrected chi connectivity index (χ3v) is 3.42. The maximum absolute atomic E-state index is 10.8. The van der Waals surface area contributed by atoms with Crippen molar-refractivity contribution >= 4 is 10.1 Å². The van der Waals surface area contributed by atoms with E-state index in [4.69, 9.17) is 0 Å². The highest BCUT2D eigenvalue weighted by molar-refractivity contribution is 7.86. The quantitative estimate of drug-likeness (QED) is 0.623. The lowest BCUT2D eigenvalue weighted by molar-refractivity contribution is 0.322. The van der Waals surface area contributed by atoms with Crippen LogP contribution in [0.2, 0.25) is 0 Å². The highest BCUT2D eigenvalue weighted by Gasteiger charge is 2.17. The van der Waals surface area contributed by atoms with Crippen LogP contribution in [0.4, 0.5) is 0 Å². The molecule has 5 heteroatoms. The Labute approximate surface area is 73.4 Å². The molecule has 1 heterocycles. The Bertz CT molecular complexity index is 221. The molecule has 1 N–H and O–H groups in total. The van der Waals surface area contributed by atoms with Crippen LogP contribution in [-0.2, 0) is 14.3 Å². The second-order valence-electron chi connectivity index (χ2n) is 3.09. The zero-order chi connectivity index (χ0) is 9.03. The van der Waals surface area contributed by atoms with Crippen molar-refractivity contribution < 1.29 is 12.6 Å². The topological polar surface area (TPSA) is 55.4 Å². The molecule has 1 aliphatic rings. The summed E-state index contributed by atoms with van der Waals surface area (Å²) in [4.78, 5) is 0. The van der Waals surface area contributed by atoms with Crippen molar-refractivity contribution in [2.75, 3.05) is 26.0 Å². The molecule has 1 fully saturated rings. The minimum atomic E-state index is -3.22. The predicted molar refractivity (Wildman–Crippen MR) is 46.4 cm³/mol. The van der Waals surface area contributed by atoms with Crippen molar-refractivity contribution in [3.63, 3.8) is 0 Å². The van der Waals surface area contributed by atoms with E-state index < -0.39 is 10.1 Å². The Hall–Kier alpha value is -0.130. The molecule has 0 aromatic heterocycles. The lowest BCUT2D eigenvalue weighted by Crippen LogP contribution is -2.41. The minimum Gasteiger partial charge on any atom is -0.316 e. The van der Waals surface area contributed by atoms with Gasteiger partial charge in [-0.2, -0.15) is 8.42 Å². The summed E-state index contributed by atoms with van der Waals surface area (Å²) in [5, 5.41) is 3.14. The van der Waals surface area contributed by atoms with Gasteiger partial charge >= 0.3 is 0 Å². The minimum absolute atomic E-state index is 0.153. The normalized spacial score (nSPS) is 19.1. The summed E-state index contributed by atoms with van der Waals surface area (Å²) < 4.78 is 26.0. The average molecular weight is 193 g/mol. The summed E-state index contributed by atoms with van der Waals surface area (Å²) in [6.07, 6.45) is 1.69. The Morgan fingerprint density at radius 1 is 1.50 bits per heavy atom. The fourth-order valence-corrected chi connectivity index (χ4v) is 1.87. The second-order valence-corrected chi connectivity index (χ2v) is 4.95. The van der Waals surface area contributed by atoms with Gasteiger partial charge in [-0.25, -0.2) is 0 Å². The van der Waals surface area contributed by atoms with Gasteiger partial charge in [0.15, 0.2) is 0 Å². The summed E-state index contributed by atoms with van der Waals surface area (Å²) in [5.74, 6) is 0.831. The van der Waals surface area contributed by atoms with Crippen LogP contribution in [0, 0.1) is 5.92 Å². The molecule has 0 aliphatic carbocycles. The van der Waals surface area contributed by atoms with Gasteiger partial charge in [-0.05, 0) is 31.8 Å². The molecule has 0 aromatic rings. The maximum atomic E-state index is 10.8. The van der Waals surface area contributed by atoms with Gasteiger partial charge in [0.05, 0.1) is 12.9 Å². The molecular formula is C7H15NO3S. The van der Waals surface area contributed by atoms with Gasteiger partial charge in [-0.15, -0.1) is 0 Å². The van der Waals surface area contributed by atoms with Gasteiger partial charge in [0.2, 0.25) is 0 Å². The first-order valence-corrected chi connectivity index (χ1v) is 5.71. The lowest BCUT2D eigenvalue weighted by atomic mass is 9.98. The van der Waals surface area contributed by atoms with E-state index in [1.807, 2.05) is 0 Å². The van der Waals surface area contributed by atoms with Crippen LogP contribution in [-0.4, -0.2) is 34.4 Å². The van der Waals surface area contributed by atoms with Crippen LogP contribution in [0.25, 0.3) is 0 Å². The van der Waals surface area contributed by atoms with Gasteiger partial charge in [-0.3, -0.25) is 4.18 Å². The smallest absolute Gasteiger partial charge is 0.267 e. The van der Waals surface area contributed by atoms with Crippen molar-refractivity contribution in [3.8, 4) is 0 Å². The van der Waals surface area contributed by atoms with Crippen LogP contribution in [0.1, 0.15) is 12.8 Å². The monoisotopic (exact) mass is 193 g/mol. The van der Waals surface area contributed by atoms with Crippen molar-refractivity contribution in [1.29, 1.82) is 0 Å². The Morgan fingerprint density at radius 2 is 2.17 bits per heavy atom. The van der Waals surface area contributed by atoms with Crippen LogP contribution in [0.15, 0.2) is 0 Å². The molecule has 12 heavy (non-hydrogen) atoms. The number of rotatable bonds is 5. The fourth-order valence-electron chi connectivity index (χ4n) is 1.18. The van der Waals surface area contributed by atoms with E-state index in [2.05, 4.69) is 9.50 Å². The lowest BCUT2D eigenvalue weighted by Gasteiger charge is -2.26. The Balaban J connectivity index is 2.08. The summed E-state index contributed by atoms with van der Waals surface area (Å²) >= 11 is 0. The van der Waals surface area contributed by atoms with Gasteiger partial charge in [0.1, 0.15) is 0 Å². The second kappa shape index (κ2) is 4.20. The Kier molecular flexibility index (Phi) is 3.49. The molecule has 0 spiro atoms. The van der Waals surface area contributed by atoms with Gasteiger partial charge in [0.25, 0.3) is 10.1 Å². The molecular weight excluding hydrogens is 178 g/mol. The highest BCUT2D eigenvalue weighted by Crippen LogP contribution is 2.11. The molecule has 72 valence electrons. The zero-order valence-corrected chi connectivity index (χ0v) is 8.06. The van der Waals surface area contributed by atoms with E-state index in [0.717, 1.165) is 19.5 Å². The van der Waals surface area contributed by atoms with Crippen LogP contribution in [0.3, 0.4) is 0 Å². The molecule has 0 bridgehead atoms. The molecule has 1 rings (SSSR count). The number of hydrogen-bond donors (Lipinski definition) is 1. The van der Waals surface area contributed by atoms with E-state index in [9.17, 15) is 8.42 Å². The van der Waals surface area contributed by atoms with Gasteiger partial charge < -0.3 is 5.32 Å². The van der Waals surface area contributed by atoms with E-state index in [1.54, 1.807) is 0 Å². The molecule has 0 saturated carbocycles. The SMILES string of the molecule is COS(=O)(=O)CCCC1CNC1. The molecule has 1 aliphatic heterocycles. The van der Waals surface area contributed by atoms with E-state index in [1.165, 1.54) is 7.11 Å². The molecule has 1 saturated heterocycles. The summed E-state index contributed by atoms with van der Waals surface area (Å²) in [6.45, 7) is 2.07. The molecule has 0 amide bonds. The predicted octanol–water partition coefficient (Wildman–Crippen LogP) is -0.0378. The molecule has 0 aromatic carbocycles. The molecule has 0 unspecified atom stereocenters. The third-order valence-electron chi connectivity index (χ3n) is 2.13.